The fourth-order valence-corrected chi connectivity index (χ4v) is 2.50. The molecule has 1 fully saturated rings. The van der Waals surface area contributed by atoms with Crippen LogP contribution in [-0.2, 0) is 0 Å². The van der Waals surface area contributed by atoms with Crippen LogP contribution in [0.5, 0.6) is 5.75 Å². The van der Waals surface area contributed by atoms with Gasteiger partial charge in [-0.15, -0.1) is 0 Å². The molecule has 4 heteroatoms. The van der Waals surface area contributed by atoms with Gasteiger partial charge in [0.1, 0.15) is 23.5 Å². The maximum Gasteiger partial charge on any atom is 0.129 e. The highest BCUT2D eigenvalue weighted by Gasteiger charge is 2.26. The van der Waals surface area contributed by atoms with E-state index >= 15 is 0 Å². The van der Waals surface area contributed by atoms with Gasteiger partial charge in [-0.25, -0.2) is 8.78 Å². The summed E-state index contributed by atoms with van der Waals surface area (Å²) in [7, 11) is 0. The van der Waals surface area contributed by atoms with Crippen molar-refractivity contribution in [2.45, 2.75) is 44.8 Å². The molecule has 0 aromatic heterocycles. The molecule has 0 aliphatic heterocycles. The molecule has 2 unspecified atom stereocenters. The molecule has 18 heavy (non-hydrogen) atoms. The van der Waals surface area contributed by atoms with E-state index in [2.05, 4.69) is 5.32 Å². The number of ether oxygens (including phenoxy) is 1. The van der Waals surface area contributed by atoms with Crippen molar-refractivity contribution in [1.29, 1.82) is 0 Å². The quantitative estimate of drug-likeness (QED) is 0.891. The van der Waals surface area contributed by atoms with Crippen LogP contribution in [0.2, 0.25) is 0 Å². The number of likely N-dealkylation sites (N-methyl/N-ethyl adjacent to an activating group) is 1. The van der Waals surface area contributed by atoms with Crippen LogP contribution in [0.1, 0.15) is 32.6 Å². The summed E-state index contributed by atoms with van der Waals surface area (Å²) in [5.74, 6) is -0.913. The van der Waals surface area contributed by atoms with Crippen molar-refractivity contribution < 1.29 is 13.5 Å². The third-order valence-electron chi connectivity index (χ3n) is 3.29. The van der Waals surface area contributed by atoms with E-state index < -0.39 is 11.6 Å². The van der Waals surface area contributed by atoms with Crippen molar-refractivity contribution in [2.24, 2.45) is 0 Å². The van der Waals surface area contributed by atoms with Gasteiger partial charge in [0.05, 0.1) is 0 Å². The fourth-order valence-electron chi connectivity index (χ4n) is 2.50. The van der Waals surface area contributed by atoms with Gasteiger partial charge in [-0.3, -0.25) is 0 Å². The molecule has 1 aliphatic rings. The van der Waals surface area contributed by atoms with Gasteiger partial charge in [0, 0.05) is 24.2 Å². The van der Waals surface area contributed by atoms with E-state index in [1.807, 2.05) is 6.92 Å². The van der Waals surface area contributed by atoms with Crippen LogP contribution >= 0.6 is 0 Å². The summed E-state index contributed by atoms with van der Waals surface area (Å²) >= 11 is 0. The summed E-state index contributed by atoms with van der Waals surface area (Å²) in [6.45, 7) is 2.93. The van der Waals surface area contributed by atoms with Gasteiger partial charge in [-0.1, -0.05) is 13.3 Å². The van der Waals surface area contributed by atoms with Crippen LogP contribution in [0.3, 0.4) is 0 Å². The molecule has 1 aromatic rings. The molecular weight excluding hydrogens is 236 g/mol. The molecule has 2 nitrogen and oxygen atoms in total. The predicted octanol–water partition coefficient (Wildman–Crippen LogP) is 3.26. The number of hydrogen-bond donors (Lipinski definition) is 1. The molecule has 2 rings (SSSR count). The van der Waals surface area contributed by atoms with Crippen molar-refractivity contribution >= 4 is 0 Å². The zero-order valence-corrected chi connectivity index (χ0v) is 10.6. The summed E-state index contributed by atoms with van der Waals surface area (Å²) in [6, 6.07) is 3.60. The zero-order chi connectivity index (χ0) is 13.0. The van der Waals surface area contributed by atoms with Crippen LogP contribution in [-0.4, -0.2) is 18.7 Å². The molecule has 0 saturated heterocycles. The minimum absolute atomic E-state index is 0.0000926. The summed E-state index contributed by atoms with van der Waals surface area (Å²) < 4.78 is 31.9. The predicted molar refractivity (Wildman–Crippen MR) is 66.7 cm³/mol. The van der Waals surface area contributed by atoms with E-state index in [0.717, 1.165) is 31.9 Å². The zero-order valence-electron chi connectivity index (χ0n) is 10.6. The molecule has 0 bridgehead atoms. The highest BCUT2D eigenvalue weighted by molar-refractivity contribution is 5.24. The van der Waals surface area contributed by atoms with E-state index in [1.54, 1.807) is 0 Å². The van der Waals surface area contributed by atoms with Crippen molar-refractivity contribution in [1.82, 2.24) is 5.32 Å². The van der Waals surface area contributed by atoms with E-state index in [-0.39, 0.29) is 17.9 Å². The van der Waals surface area contributed by atoms with Crippen LogP contribution < -0.4 is 10.1 Å². The second-order valence-corrected chi connectivity index (χ2v) is 4.71. The Kier molecular flexibility index (Phi) is 4.53. The third kappa shape index (κ3) is 3.42. The minimum Gasteiger partial charge on any atom is -0.489 e. The van der Waals surface area contributed by atoms with Crippen molar-refractivity contribution in [3.63, 3.8) is 0 Å². The molecular formula is C14H19F2NO. The molecule has 2 atom stereocenters. The SMILES string of the molecule is CCNC1CCCCC1Oc1cc(F)cc(F)c1. The Morgan fingerprint density at radius 2 is 1.83 bits per heavy atom. The van der Waals surface area contributed by atoms with Crippen LogP contribution in [0, 0.1) is 11.6 Å². The Morgan fingerprint density at radius 3 is 2.50 bits per heavy atom. The summed E-state index contributed by atoms with van der Waals surface area (Å²) in [5, 5.41) is 3.37. The summed E-state index contributed by atoms with van der Waals surface area (Å²) in [5.41, 5.74) is 0. The number of rotatable bonds is 4. The molecule has 0 heterocycles. The third-order valence-corrected chi connectivity index (χ3v) is 3.29. The minimum atomic E-state index is -0.596. The van der Waals surface area contributed by atoms with E-state index in [4.69, 9.17) is 4.74 Å². The molecule has 0 spiro atoms. The summed E-state index contributed by atoms with van der Waals surface area (Å²) in [4.78, 5) is 0. The highest BCUT2D eigenvalue weighted by atomic mass is 19.1. The van der Waals surface area contributed by atoms with Crippen molar-refractivity contribution in [3.05, 3.63) is 29.8 Å². The second kappa shape index (κ2) is 6.14. The largest absolute Gasteiger partial charge is 0.489 e. The average Bonchev–Trinajstić information content (AvgIpc) is 2.30. The highest BCUT2D eigenvalue weighted by Crippen LogP contribution is 2.25. The van der Waals surface area contributed by atoms with E-state index in [0.29, 0.717) is 0 Å². The number of hydrogen-bond acceptors (Lipinski definition) is 2. The van der Waals surface area contributed by atoms with Crippen molar-refractivity contribution in [2.75, 3.05) is 6.54 Å². The number of halogens is 2. The lowest BCUT2D eigenvalue weighted by Gasteiger charge is -2.32. The van der Waals surface area contributed by atoms with Gasteiger partial charge in [-0.2, -0.15) is 0 Å². The van der Waals surface area contributed by atoms with Crippen LogP contribution in [0.15, 0.2) is 18.2 Å². The molecule has 100 valence electrons. The second-order valence-electron chi connectivity index (χ2n) is 4.71. The lowest BCUT2D eigenvalue weighted by molar-refractivity contribution is 0.114. The van der Waals surface area contributed by atoms with Crippen molar-refractivity contribution in [3.8, 4) is 5.75 Å². The summed E-state index contributed by atoms with van der Waals surface area (Å²) in [6.07, 6.45) is 4.26. The smallest absolute Gasteiger partial charge is 0.129 e. The van der Waals surface area contributed by atoms with E-state index in [9.17, 15) is 8.78 Å². The molecule has 0 radical (unpaired) electrons. The monoisotopic (exact) mass is 255 g/mol. The maximum atomic E-state index is 13.1. The van der Waals surface area contributed by atoms with Gasteiger partial charge < -0.3 is 10.1 Å². The average molecular weight is 255 g/mol. The van der Waals surface area contributed by atoms with Crippen LogP contribution in [0.4, 0.5) is 8.78 Å². The first-order valence-corrected chi connectivity index (χ1v) is 6.55. The normalized spacial score (nSPS) is 23.9. The first-order valence-electron chi connectivity index (χ1n) is 6.55. The Balaban J connectivity index is 2.05. The molecule has 1 N–H and O–H groups in total. The molecule has 1 saturated carbocycles. The molecule has 1 aliphatic carbocycles. The topological polar surface area (TPSA) is 21.3 Å². The Hall–Kier alpha value is -1.16. The first-order chi connectivity index (χ1) is 8.69. The van der Waals surface area contributed by atoms with Gasteiger partial charge in [-0.05, 0) is 25.8 Å². The fraction of sp³-hybridized carbons (Fsp3) is 0.571. The van der Waals surface area contributed by atoms with E-state index in [1.165, 1.54) is 18.6 Å². The van der Waals surface area contributed by atoms with Gasteiger partial charge in [0.2, 0.25) is 0 Å². The Morgan fingerprint density at radius 1 is 1.17 bits per heavy atom. The van der Waals surface area contributed by atoms with Crippen LogP contribution in [0.25, 0.3) is 0 Å². The standard InChI is InChI=1S/C14H19F2NO/c1-2-17-13-5-3-4-6-14(13)18-12-8-10(15)7-11(16)9-12/h7-9,13-14,17H,2-6H2,1H3. The number of benzene rings is 1. The maximum absolute atomic E-state index is 13.1. The lowest BCUT2D eigenvalue weighted by atomic mass is 9.92. The van der Waals surface area contributed by atoms with Gasteiger partial charge in [0.25, 0.3) is 0 Å². The van der Waals surface area contributed by atoms with Gasteiger partial charge in [0.15, 0.2) is 0 Å². The Bertz CT molecular complexity index is 375. The molecule has 0 amide bonds. The first kappa shape index (κ1) is 13.3. The molecule has 1 aromatic carbocycles. The Labute approximate surface area is 106 Å². The lowest BCUT2D eigenvalue weighted by Crippen LogP contribution is -2.45. The van der Waals surface area contributed by atoms with Gasteiger partial charge >= 0.3 is 0 Å². The number of nitrogens with one attached hydrogen (secondary N) is 1.